The third-order valence-electron chi connectivity index (χ3n) is 2.45. The van der Waals surface area contributed by atoms with Crippen LogP contribution in [-0.2, 0) is 0 Å². The summed E-state index contributed by atoms with van der Waals surface area (Å²) in [5, 5.41) is 7.34. The first kappa shape index (κ1) is 15.7. The Labute approximate surface area is 123 Å². The number of nitrogens with zero attached hydrogens (tertiary/aromatic N) is 1. The summed E-state index contributed by atoms with van der Waals surface area (Å²) in [7, 11) is 1.78. The van der Waals surface area contributed by atoms with Crippen LogP contribution in [0.3, 0.4) is 0 Å². The van der Waals surface area contributed by atoms with Gasteiger partial charge in [0.05, 0.1) is 10.0 Å². The van der Waals surface area contributed by atoms with Gasteiger partial charge in [-0.2, -0.15) is 11.8 Å². The average Bonchev–Trinajstić information content (AvgIpc) is 2.33. The molecule has 1 aromatic heterocycles. The fourth-order valence-electron chi connectivity index (χ4n) is 1.45. The van der Waals surface area contributed by atoms with Crippen LogP contribution in [0.1, 0.15) is 20.3 Å². The maximum absolute atomic E-state index is 6.12. The van der Waals surface area contributed by atoms with Gasteiger partial charge < -0.3 is 10.6 Å². The number of hydrogen-bond donors (Lipinski definition) is 2. The minimum Gasteiger partial charge on any atom is -0.372 e. The van der Waals surface area contributed by atoms with Gasteiger partial charge in [0.1, 0.15) is 11.6 Å². The second-order valence-electron chi connectivity index (χ2n) is 3.93. The summed E-state index contributed by atoms with van der Waals surface area (Å²) in [5.41, 5.74) is 0. The van der Waals surface area contributed by atoms with E-state index in [4.69, 9.17) is 23.2 Å². The summed E-state index contributed by atoms with van der Waals surface area (Å²) in [4.78, 5) is 4.37. The molecule has 0 saturated carbocycles. The van der Waals surface area contributed by atoms with E-state index in [2.05, 4.69) is 29.5 Å². The van der Waals surface area contributed by atoms with Crippen LogP contribution in [0.4, 0.5) is 11.6 Å². The van der Waals surface area contributed by atoms with Crippen molar-refractivity contribution in [2.24, 2.45) is 0 Å². The monoisotopic (exact) mass is 307 g/mol. The summed E-state index contributed by atoms with van der Waals surface area (Å²) >= 11 is 14.1. The van der Waals surface area contributed by atoms with Crippen molar-refractivity contribution in [2.45, 2.75) is 26.3 Å². The van der Waals surface area contributed by atoms with Gasteiger partial charge in [0.25, 0.3) is 0 Å². The zero-order valence-corrected chi connectivity index (χ0v) is 13.2. The lowest BCUT2D eigenvalue weighted by molar-refractivity contribution is 0.767. The van der Waals surface area contributed by atoms with Crippen LogP contribution in [0.2, 0.25) is 10.0 Å². The molecule has 2 N–H and O–H groups in total. The second kappa shape index (κ2) is 7.97. The van der Waals surface area contributed by atoms with Gasteiger partial charge in [-0.15, -0.1) is 0 Å². The SMILES string of the molecule is CCSCCC(C)Nc1nc(NC)c(Cl)cc1Cl. The fraction of sp³-hybridized carbons (Fsp3) is 0.583. The largest absolute Gasteiger partial charge is 0.372 e. The van der Waals surface area contributed by atoms with Gasteiger partial charge in [-0.25, -0.2) is 4.98 Å². The third-order valence-corrected chi connectivity index (χ3v) is 3.96. The number of rotatable bonds is 7. The molecule has 0 aliphatic rings. The predicted molar refractivity (Wildman–Crippen MR) is 84.5 cm³/mol. The zero-order valence-electron chi connectivity index (χ0n) is 10.9. The van der Waals surface area contributed by atoms with Crippen LogP contribution in [0.5, 0.6) is 0 Å². The third kappa shape index (κ3) is 4.75. The fourth-order valence-corrected chi connectivity index (χ4v) is 2.77. The van der Waals surface area contributed by atoms with Crippen molar-refractivity contribution >= 4 is 46.6 Å². The number of nitrogens with one attached hydrogen (secondary N) is 2. The van der Waals surface area contributed by atoms with E-state index in [0.717, 1.165) is 17.9 Å². The number of pyridine rings is 1. The molecule has 1 rings (SSSR count). The number of hydrogen-bond acceptors (Lipinski definition) is 4. The highest BCUT2D eigenvalue weighted by Crippen LogP contribution is 2.29. The van der Waals surface area contributed by atoms with Gasteiger partial charge in [-0.05, 0) is 30.9 Å². The van der Waals surface area contributed by atoms with Crippen LogP contribution < -0.4 is 10.6 Å². The molecular formula is C12H19Cl2N3S. The number of thioether (sulfide) groups is 1. The van der Waals surface area contributed by atoms with Gasteiger partial charge in [-0.1, -0.05) is 30.1 Å². The Bertz CT molecular complexity index is 388. The molecule has 0 saturated heterocycles. The highest BCUT2D eigenvalue weighted by atomic mass is 35.5. The molecule has 0 radical (unpaired) electrons. The first-order chi connectivity index (χ1) is 8.58. The highest BCUT2D eigenvalue weighted by Gasteiger charge is 2.10. The molecule has 6 heteroatoms. The van der Waals surface area contributed by atoms with Crippen LogP contribution in [-0.4, -0.2) is 29.6 Å². The molecule has 1 aromatic rings. The molecule has 0 aliphatic carbocycles. The Balaban J connectivity index is 2.65. The highest BCUT2D eigenvalue weighted by molar-refractivity contribution is 7.99. The van der Waals surface area contributed by atoms with Crippen molar-refractivity contribution in [3.05, 3.63) is 16.1 Å². The lowest BCUT2D eigenvalue weighted by Crippen LogP contribution is -2.17. The maximum Gasteiger partial charge on any atom is 0.147 e. The van der Waals surface area contributed by atoms with Crippen molar-refractivity contribution in [3.8, 4) is 0 Å². The smallest absolute Gasteiger partial charge is 0.147 e. The Morgan fingerprint density at radius 1 is 1.33 bits per heavy atom. The van der Waals surface area contributed by atoms with Crippen LogP contribution in [0.15, 0.2) is 6.07 Å². The van der Waals surface area contributed by atoms with Crippen molar-refractivity contribution in [2.75, 3.05) is 29.2 Å². The topological polar surface area (TPSA) is 37.0 Å². The van der Waals surface area contributed by atoms with E-state index in [9.17, 15) is 0 Å². The molecule has 0 spiro atoms. The zero-order chi connectivity index (χ0) is 13.5. The molecule has 102 valence electrons. The minimum absolute atomic E-state index is 0.333. The minimum atomic E-state index is 0.333. The number of anilines is 2. The second-order valence-corrected chi connectivity index (χ2v) is 6.14. The van der Waals surface area contributed by atoms with E-state index < -0.39 is 0 Å². The molecule has 0 fully saturated rings. The van der Waals surface area contributed by atoms with E-state index in [0.29, 0.717) is 27.7 Å². The van der Waals surface area contributed by atoms with Crippen molar-refractivity contribution in [1.82, 2.24) is 4.98 Å². The van der Waals surface area contributed by atoms with E-state index >= 15 is 0 Å². The van der Waals surface area contributed by atoms with Crippen LogP contribution in [0.25, 0.3) is 0 Å². The summed E-state index contributed by atoms with van der Waals surface area (Å²) < 4.78 is 0. The van der Waals surface area contributed by atoms with Gasteiger partial charge in [0, 0.05) is 13.1 Å². The van der Waals surface area contributed by atoms with E-state index in [-0.39, 0.29) is 0 Å². The number of halogens is 2. The van der Waals surface area contributed by atoms with Crippen LogP contribution >= 0.6 is 35.0 Å². The van der Waals surface area contributed by atoms with Gasteiger partial charge in [0.2, 0.25) is 0 Å². The number of aromatic nitrogens is 1. The quantitative estimate of drug-likeness (QED) is 0.733. The molecule has 0 aromatic carbocycles. The Kier molecular flexibility index (Phi) is 6.97. The summed E-state index contributed by atoms with van der Waals surface area (Å²) in [6.45, 7) is 4.29. The van der Waals surface area contributed by atoms with Gasteiger partial charge in [-0.3, -0.25) is 0 Å². The van der Waals surface area contributed by atoms with Crippen molar-refractivity contribution in [3.63, 3.8) is 0 Å². The lowest BCUT2D eigenvalue weighted by Gasteiger charge is -2.16. The molecule has 0 bridgehead atoms. The van der Waals surface area contributed by atoms with Gasteiger partial charge in [0.15, 0.2) is 0 Å². The Morgan fingerprint density at radius 2 is 2.00 bits per heavy atom. The van der Waals surface area contributed by atoms with Crippen LogP contribution in [0, 0.1) is 0 Å². The standard InChI is InChI=1S/C12H19Cl2N3S/c1-4-18-6-5-8(2)16-12-10(14)7-9(13)11(15-3)17-12/h7-8H,4-6H2,1-3H3,(H2,15,16,17). The molecule has 18 heavy (non-hydrogen) atoms. The molecule has 1 heterocycles. The lowest BCUT2D eigenvalue weighted by atomic mass is 10.2. The average molecular weight is 308 g/mol. The van der Waals surface area contributed by atoms with E-state index in [1.165, 1.54) is 0 Å². The Morgan fingerprint density at radius 3 is 2.61 bits per heavy atom. The normalized spacial score (nSPS) is 12.3. The molecule has 1 atom stereocenters. The molecule has 3 nitrogen and oxygen atoms in total. The van der Waals surface area contributed by atoms with E-state index in [1.807, 2.05) is 11.8 Å². The summed E-state index contributed by atoms with van der Waals surface area (Å²) in [5.74, 6) is 3.60. The molecule has 0 aliphatic heterocycles. The van der Waals surface area contributed by atoms with Crippen molar-refractivity contribution < 1.29 is 0 Å². The summed E-state index contributed by atoms with van der Waals surface area (Å²) in [6, 6.07) is 2.04. The van der Waals surface area contributed by atoms with Crippen molar-refractivity contribution in [1.29, 1.82) is 0 Å². The van der Waals surface area contributed by atoms with E-state index in [1.54, 1.807) is 13.1 Å². The molecule has 1 unspecified atom stereocenters. The van der Waals surface area contributed by atoms with Gasteiger partial charge >= 0.3 is 0 Å². The Hall–Kier alpha value is -0.320. The molecule has 0 amide bonds. The predicted octanol–water partition coefficient (Wildman–Crippen LogP) is 4.37. The first-order valence-electron chi connectivity index (χ1n) is 5.96. The first-order valence-corrected chi connectivity index (χ1v) is 7.87. The maximum atomic E-state index is 6.12. The molecular weight excluding hydrogens is 289 g/mol. The summed E-state index contributed by atoms with van der Waals surface area (Å²) in [6.07, 6.45) is 1.08.